The van der Waals surface area contributed by atoms with Crippen molar-refractivity contribution >= 4 is 45.5 Å². The van der Waals surface area contributed by atoms with Crippen molar-refractivity contribution in [2.24, 2.45) is 0 Å². The first-order chi connectivity index (χ1) is 21.7. The zero-order valence-electron chi connectivity index (χ0n) is 26.2. The van der Waals surface area contributed by atoms with Crippen molar-refractivity contribution in [3.05, 3.63) is 79.5 Å². The number of fused-ring (bicyclic) bond motifs is 1. The molecule has 6 rings (SSSR count). The van der Waals surface area contributed by atoms with Crippen LogP contribution in [-0.4, -0.2) is 71.6 Å². The predicted molar refractivity (Wildman–Crippen MR) is 186 cm³/mol. The monoisotopic (exact) mass is 676 g/mol. The summed E-state index contributed by atoms with van der Waals surface area (Å²) in [5, 5.41) is 27.2. The first-order valence-corrected chi connectivity index (χ1v) is 17.6. The summed E-state index contributed by atoms with van der Waals surface area (Å²) in [5.74, 6) is -0.248. The lowest BCUT2D eigenvalue weighted by Gasteiger charge is -2.44. The zero-order chi connectivity index (χ0) is 32.4. The molecule has 12 heteroatoms. The smallest absolute Gasteiger partial charge is 0.305 e. The summed E-state index contributed by atoms with van der Waals surface area (Å²) in [4.78, 5) is 17.7. The van der Waals surface area contributed by atoms with Gasteiger partial charge in [0.2, 0.25) is 0 Å². The number of thiazole rings is 1. The van der Waals surface area contributed by atoms with Crippen molar-refractivity contribution < 1.29 is 19.3 Å². The summed E-state index contributed by atoms with van der Waals surface area (Å²) in [6, 6.07) is 12.4. The molecule has 0 amide bonds. The standard InChI is InChI=1S/C26H33FN4O4S.C5H6S2.C2H6/c27-19-12-17(11-18(13-19)15-31-8-4-26(5-9-31)16-29-7-10-35-26)3-6-28-14-22(33)20-1-2-21(32)23-24(20)36-25(34)30-23;1-4-2-3-5(6)7-4;1-2/h1-2,11-13,22,28-29,32-33H,3-10,14-16H2,(H,30,34);2-3,6H,1H3;1-2H3. The molecule has 5 N–H and O–H groups in total. The third-order valence-corrected chi connectivity index (χ3v) is 10.1. The number of nitrogens with one attached hydrogen (secondary N) is 3. The van der Waals surface area contributed by atoms with Crippen LogP contribution in [0, 0.1) is 12.7 Å². The van der Waals surface area contributed by atoms with Crippen LogP contribution in [0.1, 0.15) is 54.4 Å². The van der Waals surface area contributed by atoms with E-state index < -0.39 is 6.10 Å². The van der Waals surface area contributed by atoms with Crippen molar-refractivity contribution in [3.8, 4) is 5.75 Å². The second-order valence-electron chi connectivity index (χ2n) is 11.2. The Labute approximate surface area is 278 Å². The van der Waals surface area contributed by atoms with Crippen LogP contribution in [0.25, 0.3) is 10.2 Å². The number of piperidine rings is 1. The molecule has 0 aliphatic carbocycles. The number of aryl methyl sites for hydroxylation is 1. The van der Waals surface area contributed by atoms with Crippen LogP contribution in [0.4, 0.5) is 4.39 Å². The van der Waals surface area contributed by atoms with E-state index >= 15 is 0 Å². The number of phenolic OH excluding ortho intramolecular Hbond substituents is 1. The Bertz CT molecular complexity index is 1540. The van der Waals surface area contributed by atoms with Gasteiger partial charge in [-0.15, -0.1) is 24.0 Å². The lowest BCUT2D eigenvalue weighted by atomic mass is 9.90. The van der Waals surface area contributed by atoms with E-state index in [4.69, 9.17) is 4.74 Å². The maximum Gasteiger partial charge on any atom is 0.305 e. The molecule has 2 aromatic heterocycles. The summed E-state index contributed by atoms with van der Waals surface area (Å²) in [5.41, 5.74) is 2.78. The quantitative estimate of drug-likeness (QED) is 0.106. The Morgan fingerprint density at radius 2 is 1.89 bits per heavy atom. The number of aliphatic hydroxyl groups is 1. The largest absolute Gasteiger partial charge is 0.506 e. The number of aromatic nitrogens is 1. The average molecular weight is 677 g/mol. The van der Waals surface area contributed by atoms with Crippen molar-refractivity contribution in [3.63, 3.8) is 0 Å². The number of H-pyrrole nitrogens is 1. The lowest BCUT2D eigenvalue weighted by molar-refractivity contribution is -0.100. The number of aromatic hydroxyl groups is 1. The second-order valence-corrected chi connectivity index (χ2v) is 14.3. The average Bonchev–Trinajstić information content (AvgIpc) is 3.62. The number of nitrogens with zero attached hydrogens (tertiary/aromatic N) is 1. The highest BCUT2D eigenvalue weighted by atomic mass is 32.2. The molecule has 0 saturated carbocycles. The minimum Gasteiger partial charge on any atom is -0.506 e. The SMILES string of the molecule is CC.Cc1ccc(S)s1.O=c1[nH]c2c(O)ccc(C(O)CNCCc3cc(F)cc(CN4CCC5(CC4)CNCCO5)c3)c2s1. The van der Waals surface area contributed by atoms with Gasteiger partial charge in [-0.25, -0.2) is 4.39 Å². The number of hydrogen-bond donors (Lipinski definition) is 6. The van der Waals surface area contributed by atoms with E-state index in [0.29, 0.717) is 28.7 Å². The van der Waals surface area contributed by atoms with Gasteiger partial charge in [-0.05, 0) is 74.2 Å². The summed E-state index contributed by atoms with van der Waals surface area (Å²) in [6.07, 6.45) is 1.76. The summed E-state index contributed by atoms with van der Waals surface area (Å²) < 4.78 is 22.1. The Morgan fingerprint density at radius 3 is 2.53 bits per heavy atom. The number of thiophene rings is 1. The Morgan fingerprint density at radius 1 is 1.13 bits per heavy atom. The number of thiol groups is 1. The molecule has 2 aromatic carbocycles. The molecule has 0 bridgehead atoms. The van der Waals surface area contributed by atoms with E-state index in [1.54, 1.807) is 29.5 Å². The maximum atomic E-state index is 14.4. The van der Waals surface area contributed by atoms with Crippen LogP contribution in [0.5, 0.6) is 5.75 Å². The summed E-state index contributed by atoms with van der Waals surface area (Å²) >= 11 is 6.80. The van der Waals surface area contributed by atoms with Gasteiger partial charge in [0, 0.05) is 49.7 Å². The van der Waals surface area contributed by atoms with Gasteiger partial charge in [-0.1, -0.05) is 37.3 Å². The number of hydrogen-bond acceptors (Lipinski definition) is 10. The van der Waals surface area contributed by atoms with Crippen LogP contribution in [0.2, 0.25) is 0 Å². The van der Waals surface area contributed by atoms with E-state index in [1.807, 2.05) is 19.9 Å². The van der Waals surface area contributed by atoms with E-state index in [0.717, 1.165) is 78.8 Å². The highest BCUT2D eigenvalue weighted by Crippen LogP contribution is 2.31. The van der Waals surface area contributed by atoms with Crippen molar-refractivity contribution in [2.45, 2.75) is 62.5 Å². The van der Waals surface area contributed by atoms with E-state index in [9.17, 15) is 19.4 Å². The van der Waals surface area contributed by atoms with Gasteiger partial charge >= 0.3 is 4.87 Å². The Kier molecular flexibility index (Phi) is 13.5. The molecule has 1 spiro atoms. The number of likely N-dealkylation sites (tertiary alicyclic amines) is 1. The second kappa shape index (κ2) is 17.0. The molecule has 4 heterocycles. The minimum atomic E-state index is -0.839. The normalized spacial score (nSPS) is 16.9. The van der Waals surface area contributed by atoms with Crippen LogP contribution < -0.4 is 15.5 Å². The van der Waals surface area contributed by atoms with Gasteiger partial charge in [0.25, 0.3) is 0 Å². The van der Waals surface area contributed by atoms with Crippen LogP contribution >= 0.6 is 35.3 Å². The first kappa shape index (κ1) is 35.6. The minimum absolute atomic E-state index is 0.0162. The molecule has 0 radical (unpaired) electrons. The molecular weight excluding hydrogens is 632 g/mol. The van der Waals surface area contributed by atoms with Gasteiger partial charge in [0.1, 0.15) is 17.1 Å². The predicted octanol–water partition coefficient (Wildman–Crippen LogP) is 5.63. The fourth-order valence-corrected chi connectivity index (χ4v) is 7.69. The highest BCUT2D eigenvalue weighted by molar-refractivity contribution is 7.82. The van der Waals surface area contributed by atoms with E-state index in [1.165, 1.54) is 10.9 Å². The third-order valence-electron chi connectivity index (χ3n) is 7.93. The van der Waals surface area contributed by atoms with Gasteiger partial charge in [-0.2, -0.15) is 0 Å². The number of morpholine rings is 1. The van der Waals surface area contributed by atoms with E-state index in [-0.39, 0.29) is 28.6 Å². The Balaban J connectivity index is 0.000000447. The zero-order valence-corrected chi connectivity index (χ0v) is 28.7. The summed E-state index contributed by atoms with van der Waals surface area (Å²) in [6.45, 7) is 12.1. The molecule has 4 aromatic rings. The number of rotatable bonds is 8. The molecule has 2 saturated heterocycles. The van der Waals surface area contributed by atoms with Gasteiger partial charge in [0.15, 0.2) is 0 Å². The fourth-order valence-electron chi connectivity index (χ4n) is 5.66. The van der Waals surface area contributed by atoms with Gasteiger partial charge in [0.05, 0.1) is 27.2 Å². The first-order valence-electron chi connectivity index (χ1n) is 15.5. The van der Waals surface area contributed by atoms with Gasteiger partial charge in [-0.3, -0.25) is 9.69 Å². The molecule has 8 nitrogen and oxygen atoms in total. The fraction of sp³-hybridized carbons (Fsp3) is 0.485. The van der Waals surface area contributed by atoms with Crippen LogP contribution in [-0.2, 0) is 17.7 Å². The molecular formula is C33H45FN4O4S3. The molecule has 45 heavy (non-hydrogen) atoms. The number of benzene rings is 2. The number of ether oxygens (including phenoxy) is 1. The van der Waals surface area contributed by atoms with E-state index in [2.05, 4.69) is 52.2 Å². The summed E-state index contributed by atoms with van der Waals surface area (Å²) in [7, 11) is 0. The third kappa shape index (κ3) is 10.1. The molecule has 1 atom stereocenters. The lowest BCUT2D eigenvalue weighted by Crippen LogP contribution is -2.55. The van der Waals surface area contributed by atoms with Crippen LogP contribution in [0.15, 0.2) is 51.5 Å². The Hall–Kier alpha value is -2.29. The van der Waals surface area contributed by atoms with Crippen molar-refractivity contribution in [1.82, 2.24) is 20.5 Å². The topological polar surface area (TPSA) is 110 Å². The van der Waals surface area contributed by atoms with Crippen molar-refractivity contribution in [1.29, 1.82) is 0 Å². The number of aromatic amines is 1. The maximum absolute atomic E-state index is 14.4. The van der Waals surface area contributed by atoms with Crippen molar-refractivity contribution in [2.75, 3.05) is 45.9 Å². The number of phenols is 1. The highest BCUT2D eigenvalue weighted by Gasteiger charge is 2.36. The molecule has 1 unspecified atom stereocenters. The van der Waals surface area contributed by atoms with Gasteiger partial charge < -0.3 is 30.6 Å². The molecule has 2 aliphatic heterocycles. The molecule has 246 valence electrons. The molecule has 2 fully saturated rings. The number of aliphatic hydroxyl groups excluding tert-OH is 1. The molecule has 2 aliphatic rings. The van der Waals surface area contributed by atoms with Crippen LogP contribution in [0.3, 0.4) is 0 Å². The number of halogens is 1.